The summed E-state index contributed by atoms with van der Waals surface area (Å²) >= 11 is 11.9. The van der Waals surface area contributed by atoms with E-state index in [4.69, 9.17) is 23.2 Å². The van der Waals surface area contributed by atoms with Gasteiger partial charge in [0, 0.05) is 6.42 Å². The van der Waals surface area contributed by atoms with Gasteiger partial charge in [0.15, 0.2) is 0 Å². The molecule has 2 N–H and O–H groups in total. The van der Waals surface area contributed by atoms with E-state index in [0.29, 0.717) is 16.5 Å². The highest BCUT2D eigenvalue weighted by Crippen LogP contribution is 2.27. The van der Waals surface area contributed by atoms with Crippen molar-refractivity contribution in [1.82, 2.24) is 0 Å². The van der Waals surface area contributed by atoms with Crippen LogP contribution in [0.1, 0.15) is 22.3 Å². The Morgan fingerprint density at radius 2 is 1.61 bits per heavy atom. The van der Waals surface area contributed by atoms with Crippen LogP contribution in [-0.2, 0) is 11.2 Å². The fraction of sp³-hybridized carbons (Fsp3) is 0.0909. The van der Waals surface area contributed by atoms with Gasteiger partial charge in [-0.3, -0.25) is 4.79 Å². The van der Waals surface area contributed by atoms with Crippen molar-refractivity contribution in [2.45, 2.75) is 12.8 Å². The summed E-state index contributed by atoms with van der Waals surface area (Å²) < 4.78 is 0. The SMILES string of the molecule is O=C(CCc1ccc(Cl)c(Cl)c1)Nc1cc(-c2ccccc2)ccc1C(=O)O. The smallest absolute Gasteiger partial charge is 0.337 e. The lowest BCUT2D eigenvalue weighted by atomic mass is 10.0. The van der Waals surface area contributed by atoms with Crippen molar-refractivity contribution in [3.8, 4) is 11.1 Å². The van der Waals surface area contributed by atoms with E-state index in [9.17, 15) is 14.7 Å². The number of aromatic carboxylic acids is 1. The molecule has 0 aliphatic carbocycles. The van der Waals surface area contributed by atoms with Gasteiger partial charge >= 0.3 is 5.97 Å². The molecule has 4 nitrogen and oxygen atoms in total. The van der Waals surface area contributed by atoms with Gasteiger partial charge < -0.3 is 10.4 Å². The van der Waals surface area contributed by atoms with Crippen LogP contribution in [0.2, 0.25) is 10.0 Å². The van der Waals surface area contributed by atoms with Crippen LogP contribution in [0.4, 0.5) is 5.69 Å². The summed E-state index contributed by atoms with van der Waals surface area (Å²) in [5, 5.41) is 13.0. The number of anilines is 1. The third-order valence-corrected chi connectivity index (χ3v) is 4.99. The van der Waals surface area contributed by atoms with E-state index in [0.717, 1.165) is 16.7 Å². The number of carbonyl (C=O) groups excluding carboxylic acids is 1. The molecule has 0 heterocycles. The van der Waals surface area contributed by atoms with Crippen LogP contribution in [-0.4, -0.2) is 17.0 Å². The fourth-order valence-electron chi connectivity index (χ4n) is 2.81. The predicted octanol–water partition coefficient (Wildman–Crippen LogP) is 5.93. The standard InChI is InChI=1S/C22H17Cl2NO3/c23-18-10-6-14(12-19(18)24)7-11-21(26)25-20-13-16(8-9-17(20)22(27)28)15-4-2-1-3-5-15/h1-6,8-10,12-13H,7,11H2,(H,25,26)(H,27,28). The van der Waals surface area contributed by atoms with Crippen molar-refractivity contribution in [2.24, 2.45) is 0 Å². The molecule has 1 amide bonds. The molecule has 0 unspecified atom stereocenters. The quantitative estimate of drug-likeness (QED) is 0.526. The summed E-state index contributed by atoms with van der Waals surface area (Å²) in [6, 6.07) is 19.7. The number of carboxylic acids is 1. The van der Waals surface area contributed by atoms with Gasteiger partial charge in [-0.15, -0.1) is 0 Å². The molecule has 28 heavy (non-hydrogen) atoms. The van der Waals surface area contributed by atoms with E-state index >= 15 is 0 Å². The molecule has 0 spiro atoms. The van der Waals surface area contributed by atoms with Gasteiger partial charge in [-0.1, -0.05) is 65.7 Å². The monoisotopic (exact) mass is 413 g/mol. The van der Waals surface area contributed by atoms with E-state index in [1.807, 2.05) is 30.3 Å². The summed E-state index contributed by atoms with van der Waals surface area (Å²) in [5.41, 5.74) is 2.95. The summed E-state index contributed by atoms with van der Waals surface area (Å²) in [7, 11) is 0. The number of hydrogen-bond acceptors (Lipinski definition) is 2. The molecule has 0 bridgehead atoms. The van der Waals surface area contributed by atoms with Crippen molar-refractivity contribution in [3.05, 3.63) is 87.9 Å². The van der Waals surface area contributed by atoms with Crippen LogP contribution in [0, 0.1) is 0 Å². The number of nitrogens with one attached hydrogen (secondary N) is 1. The first-order valence-electron chi connectivity index (χ1n) is 8.60. The van der Waals surface area contributed by atoms with Gasteiger partial charge in [0.1, 0.15) is 0 Å². The first-order valence-corrected chi connectivity index (χ1v) is 9.36. The molecular weight excluding hydrogens is 397 g/mol. The van der Waals surface area contributed by atoms with Crippen molar-refractivity contribution in [2.75, 3.05) is 5.32 Å². The minimum Gasteiger partial charge on any atom is -0.478 e. The Bertz CT molecular complexity index is 1020. The summed E-state index contributed by atoms with van der Waals surface area (Å²) in [6.45, 7) is 0. The van der Waals surface area contributed by atoms with Gasteiger partial charge in [-0.05, 0) is 47.4 Å². The van der Waals surface area contributed by atoms with Crippen LogP contribution in [0.3, 0.4) is 0 Å². The molecule has 3 aromatic carbocycles. The Morgan fingerprint density at radius 1 is 0.857 bits per heavy atom. The zero-order valence-corrected chi connectivity index (χ0v) is 16.3. The lowest BCUT2D eigenvalue weighted by molar-refractivity contribution is -0.116. The molecule has 0 atom stereocenters. The number of carbonyl (C=O) groups is 2. The lowest BCUT2D eigenvalue weighted by Crippen LogP contribution is -2.15. The third-order valence-electron chi connectivity index (χ3n) is 4.26. The molecular formula is C22H17Cl2NO3. The molecule has 0 aromatic heterocycles. The number of halogens is 2. The number of aryl methyl sites for hydroxylation is 1. The van der Waals surface area contributed by atoms with Gasteiger partial charge in [-0.25, -0.2) is 4.79 Å². The van der Waals surface area contributed by atoms with E-state index in [1.54, 1.807) is 30.3 Å². The Morgan fingerprint density at radius 3 is 2.29 bits per heavy atom. The Hall–Kier alpha value is -2.82. The maximum atomic E-state index is 12.4. The molecule has 0 saturated heterocycles. The Kier molecular flexibility index (Phi) is 6.34. The number of benzene rings is 3. The van der Waals surface area contributed by atoms with E-state index in [2.05, 4.69) is 5.32 Å². The average molecular weight is 414 g/mol. The van der Waals surface area contributed by atoms with Crippen LogP contribution in [0.5, 0.6) is 0 Å². The van der Waals surface area contributed by atoms with Crippen LogP contribution >= 0.6 is 23.2 Å². The van der Waals surface area contributed by atoms with Crippen LogP contribution in [0.25, 0.3) is 11.1 Å². The molecule has 0 aliphatic rings. The zero-order valence-electron chi connectivity index (χ0n) is 14.8. The topological polar surface area (TPSA) is 66.4 Å². The second kappa shape index (κ2) is 8.91. The van der Waals surface area contributed by atoms with E-state index in [1.165, 1.54) is 6.07 Å². The molecule has 0 saturated carbocycles. The summed E-state index contributed by atoms with van der Waals surface area (Å²) in [4.78, 5) is 23.9. The zero-order chi connectivity index (χ0) is 20.1. The fourth-order valence-corrected chi connectivity index (χ4v) is 3.13. The molecule has 6 heteroatoms. The molecule has 0 fully saturated rings. The first kappa shape index (κ1) is 19.9. The Balaban J connectivity index is 1.76. The van der Waals surface area contributed by atoms with Gasteiger partial charge in [0.2, 0.25) is 5.91 Å². The molecule has 3 aromatic rings. The second-order valence-corrected chi connectivity index (χ2v) is 7.04. The average Bonchev–Trinajstić information content (AvgIpc) is 2.69. The van der Waals surface area contributed by atoms with Crippen molar-refractivity contribution in [1.29, 1.82) is 0 Å². The number of carboxylic acid groups (broad SMARTS) is 1. The second-order valence-electron chi connectivity index (χ2n) is 6.23. The van der Waals surface area contributed by atoms with Crippen LogP contribution in [0.15, 0.2) is 66.7 Å². The highest BCUT2D eigenvalue weighted by Gasteiger charge is 2.14. The van der Waals surface area contributed by atoms with Crippen molar-refractivity contribution < 1.29 is 14.7 Å². The molecule has 0 radical (unpaired) electrons. The lowest BCUT2D eigenvalue weighted by Gasteiger charge is -2.11. The maximum Gasteiger partial charge on any atom is 0.337 e. The van der Waals surface area contributed by atoms with E-state index in [-0.39, 0.29) is 23.6 Å². The minimum atomic E-state index is -1.10. The normalized spacial score (nSPS) is 10.5. The predicted molar refractivity (Wildman–Crippen MR) is 112 cm³/mol. The van der Waals surface area contributed by atoms with Gasteiger partial charge in [-0.2, -0.15) is 0 Å². The minimum absolute atomic E-state index is 0.0440. The van der Waals surface area contributed by atoms with Gasteiger partial charge in [0.05, 0.1) is 21.3 Å². The number of hydrogen-bond donors (Lipinski definition) is 2. The van der Waals surface area contributed by atoms with E-state index < -0.39 is 5.97 Å². The molecule has 142 valence electrons. The highest BCUT2D eigenvalue weighted by atomic mass is 35.5. The number of rotatable bonds is 6. The van der Waals surface area contributed by atoms with Crippen molar-refractivity contribution in [3.63, 3.8) is 0 Å². The highest BCUT2D eigenvalue weighted by molar-refractivity contribution is 6.42. The molecule has 0 aliphatic heterocycles. The van der Waals surface area contributed by atoms with Crippen molar-refractivity contribution >= 4 is 40.8 Å². The van der Waals surface area contributed by atoms with Crippen LogP contribution < -0.4 is 5.32 Å². The van der Waals surface area contributed by atoms with Gasteiger partial charge in [0.25, 0.3) is 0 Å². The Labute approximate surface area is 172 Å². The summed E-state index contributed by atoms with van der Waals surface area (Å²) in [6.07, 6.45) is 0.649. The first-order chi connectivity index (χ1) is 13.4. The maximum absolute atomic E-state index is 12.4. The number of amides is 1. The largest absolute Gasteiger partial charge is 0.478 e. The third kappa shape index (κ3) is 4.91. The molecule has 3 rings (SSSR count). The summed E-state index contributed by atoms with van der Waals surface area (Å²) in [5.74, 6) is -1.38.